The largest absolute Gasteiger partial charge is 0.394 e. The van der Waals surface area contributed by atoms with Crippen LogP contribution in [0.2, 0.25) is 0 Å². The third kappa shape index (κ3) is 6.07. The standard InChI is InChI=1S/C26H48O12/c1-2-3-4-5-6-7-8-9-10-11-12-13-14-24(26(34)25(33,38-26)21(31)19(16-28)36-24)37-23(17-29)22(32)20(30)18(15-27)35-23/h18-22,27-34H,2-17H2,1H3/t18-,19-,20-,21-,22+,23?,24+,25-,26-/m1/s1. The fourth-order valence-corrected chi connectivity index (χ4v) is 5.69. The van der Waals surface area contributed by atoms with Crippen LogP contribution >= 0.6 is 0 Å². The maximum Gasteiger partial charge on any atom is 0.282 e. The SMILES string of the molecule is CCCCCCCCCCCCCC[C@@]1(OC2(CO)O[C@H](CO)[C@@H](O)[C@@H]2O)O[C@H](CO)[C@@H](O)[C@@]2(O)O[C@]12O. The molecule has 3 fully saturated rings. The first-order valence-corrected chi connectivity index (χ1v) is 14.2. The van der Waals surface area contributed by atoms with Crippen LogP contribution in [0.1, 0.15) is 90.4 Å². The highest BCUT2D eigenvalue weighted by Gasteiger charge is 2.88. The number of hydrogen-bond acceptors (Lipinski definition) is 12. The van der Waals surface area contributed by atoms with Gasteiger partial charge in [-0.05, 0) is 6.42 Å². The van der Waals surface area contributed by atoms with Gasteiger partial charge in [-0.3, -0.25) is 0 Å². The zero-order chi connectivity index (χ0) is 28.0. The van der Waals surface area contributed by atoms with Gasteiger partial charge in [-0.25, -0.2) is 0 Å². The van der Waals surface area contributed by atoms with E-state index in [9.17, 15) is 40.9 Å². The molecule has 0 aliphatic carbocycles. The number of aliphatic hydroxyl groups excluding tert-OH is 6. The van der Waals surface area contributed by atoms with E-state index in [2.05, 4.69) is 6.92 Å². The number of rotatable bonds is 18. The number of ether oxygens (including phenoxy) is 4. The molecule has 12 heteroatoms. The highest BCUT2D eigenvalue weighted by atomic mass is 16.9. The molecule has 0 aromatic rings. The Balaban J connectivity index is 1.63. The van der Waals surface area contributed by atoms with E-state index in [-0.39, 0.29) is 6.42 Å². The van der Waals surface area contributed by atoms with Crippen LogP contribution in [0, 0.1) is 0 Å². The first-order valence-electron chi connectivity index (χ1n) is 14.2. The molecule has 0 aromatic carbocycles. The maximum atomic E-state index is 11.2. The van der Waals surface area contributed by atoms with Gasteiger partial charge in [-0.2, -0.15) is 0 Å². The van der Waals surface area contributed by atoms with Gasteiger partial charge in [0.05, 0.1) is 13.2 Å². The lowest BCUT2D eigenvalue weighted by molar-refractivity contribution is -0.441. The average Bonchev–Trinajstić information content (AvgIpc) is 3.44. The van der Waals surface area contributed by atoms with Gasteiger partial charge in [-0.15, -0.1) is 0 Å². The minimum atomic E-state index is -2.61. The summed E-state index contributed by atoms with van der Waals surface area (Å²) in [5, 5.41) is 82.7. The first kappa shape index (κ1) is 32.0. The second kappa shape index (κ2) is 13.5. The molecule has 3 aliphatic rings. The summed E-state index contributed by atoms with van der Waals surface area (Å²) in [6.45, 7) is -0.261. The van der Waals surface area contributed by atoms with E-state index in [4.69, 9.17) is 18.9 Å². The molecule has 0 saturated carbocycles. The van der Waals surface area contributed by atoms with E-state index in [1.807, 2.05) is 0 Å². The van der Waals surface area contributed by atoms with E-state index in [1.54, 1.807) is 0 Å². The number of aliphatic hydroxyl groups is 8. The van der Waals surface area contributed by atoms with Gasteiger partial charge in [0.1, 0.15) is 37.1 Å². The monoisotopic (exact) mass is 552 g/mol. The smallest absolute Gasteiger partial charge is 0.282 e. The number of epoxide rings is 1. The molecule has 12 nitrogen and oxygen atoms in total. The number of fused-ring (bicyclic) bond motifs is 1. The van der Waals surface area contributed by atoms with E-state index in [0.29, 0.717) is 12.8 Å². The number of hydrogen-bond donors (Lipinski definition) is 8. The van der Waals surface area contributed by atoms with Gasteiger partial charge in [0, 0.05) is 6.42 Å². The van der Waals surface area contributed by atoms with Crippen molar-refractivity contribution in [1.29, 1.82) is 0 Å². The molecule has 3 rings (SSSR count). The number of unbranched alkanes of at least 4 members (excludes halogenated alkanes) is 11. The van der Waals surface area contributed by atoms with E-state index >= 15 is 0 Å². The van der Waals surface area contributed by atoms with Crippen LogP contribution < -0.4 is 0 Å². The van der Waals surface area contributed by atoms with E-state index < -0.39 is 73.5 Å². The quantitative estimate of drug-likeness (QED) is 0.0820. The first-order chi connectivity index (χ1) is 18.1. The van der Waals surface area contributed by atoms with Gasteiger partial charge >= 0.3 is 0 Å². The lowest BCUT2D eigenvalue weighted by Crippen LogP contribution is -2.69. The third-order valence-corrected chi connectivity index (χ3v) is 8.14. The van der Waals surface area contributed by atoms with Gasteiger partial charge in [0.2, 0.25) is 11.6 Å². The summed E-state index contributed by atoms with van der Waals surface area (Å²) in [5.41, 5.74) is 0. The minimum Gasteiger partial charge on any atom is -0.394 e. The summed E-state index contributed by atoms with van der Waals surface area (Å²) in [5.74, 6) is -9.79. The predicted molar refractivity (Wildman–Crippen MR) is 132 cm³/mol. The molecule has 224 valence electrons. The molecule has 3 aliphatic heterocycles. The second-order valence-electron chi connectivity index (χ2n) is 11.0. The topological polar surface area (TPSA) is 202 Å². The van der Waals surface area contributed by atoms with Crippen molar-refractivity contribution in [2.75, 3.05) is 19.8 Å². The van der Waals surface area contributed by atoms with Crippen molar-refractivity contribution in [1.82, 2.24) is 0 Å². The molecular weight excluding hydrogens is 504 g/mol. The Morgan fingerprint density at radius 2 is 1.21 bits per heavy atom. The maximum absolute atomic E-state index is 11.2. The summed E-state index contributed by atoms with van der Waals surface area (Å²) in [6, 6.07) is 0. The minimum absolute atomic E-state index is 0.121. The van der Waals surface area contributed by atoms with Crippen molar-refractivity contribution in [3.63, 3.8) is 0 Å². The van der Waals surface area contributed by atoms with Crippen LogP contribution in [-0.2, 0) is 18.9 Å². The zero-order valence-electron chi connectivity index (χ0n) is 22.4. The second-order valence-corrected chi connectivity index (χ2v) is 11.0. The molecule has 0 radical (unpaired) electrons. The molecule has 1 unspecified atom stereocenters. The Labute approximate surface area is 224 Å². The molecule has 0 aromatic heterocycles. The molecule has 3 saturated heterocycles. The van der Waals surface area contributed by atoms with Crippen molar-refractivity contribution < 1.29 is 59.8 Å². The van der Waals surface area contributed by atoms with E-state index in [1.165, 1.54) is 44.9 Å². The highest BCUT2D eigenvalue weighted by Crippen LogP contribution is 2.62. The van der Waals surface area contributed by atoms with Crippen molar-refractivity contribution in [3.8, 4) is 0 Å². The summed E-state index contributed by atoms with van der Waals surface area (Å²) < 4.78 is 22.3. The fraction of sp³-hybridized carbons (Fsp3) is 1.00. The van der Waals surface area contributed by atoms with Crippen LogP contribution in [0.25, 0.3) is 0 Å². The molecule has 3 heterocycles. The Morgan fingerprint density at radius 3 is 1.68 bits per heavy atom. The summed E-state index contributed by atoms with van der Waals surface area (Å²) >= 11 is 0. The van der Waals surface area contributed by atoms with Crippen LogP contribution in [0.4, 0.5) is 0 Å². The molecule has 9 atom stereocenters. The zero-order valence-corrected chi connectivity index (χ0v) is 22.4. The Hall–Kier alpha value is -0.480. The van der Waals surface area contributed by atoms with Crippen molar-refractivity contribution >= 4 is 0 Å². The lowest BCUT2D eigenvalue weighted by Gasteiger charge is -2.48. The molecular formula is C26H48O12. The van der Waals surface area contributed by atoms with Gasteiger partial charge in [-0.1, -0.05) is 77.6 Å². The summed E-state index contributed by atoms with van der Waals surface area (Å²) in [4.78, 5) is 0. The van der Waals surface area contributed by atoms with Crippen molar-refractivity contribution in [2.24, 2.45) is 0 Å². The average molecular weight is 553 g/mol. The summed E-state index contributed by atoms with van der Waals surface area (Å²) in [6.07, 6.45) is 4.66. The molecule has 8 N–H and O–H groups in total. The normalized spacial score (nSPS) is 42.4. The molecule has 0 spiro atoms. The Bertz CT molecular complexity index is 728. The highest BCUT2D eigenvalue weighted by molar-refractivity contribution is 5.19. The van der Waals surface area contributed by atoms with Crippen LogP contribution in [0.3, 0.4) is 0 Å². The molecule has 0 bridgehead atoms. The van der Waals surface area contributed by atoms with Gasteiger partial charge < -0.3 is 59.8 Å². The van der Waals surface area contributed by atoms with Crippen LogP contribution in [0.15, 0.2) is 0 Å². The molecule has 0 amide bonds. The van der Waals surface area contributed by atoms with Gasteiger partial charge in [0.25, 0.3) is 11.6 Å². The molecule has 38 heavy (non-hydrogen) atoms. The van der Waals surface area contributed by atoms with E-state index in [0.717, 1.165) is 19.3 Å². The fourth-order valence-electron chi connectivity index (χ4n) is 5.69. The Morgan fingerprint density at radius 1 is 0.684 bits per heavy atom. The van der Waals surface area contributed by atoms with Crippen LogP contribution in [-0.4, -0.2) is 114 Å². The van der Waals surface area contributed by atoms with Crippen LogP contribution in [0.5, 0.6) is 0 Å². The van der Waals surface area contributed by atoms with Crippen molar-refractivity contribution in [3.05, 3.63) is 0 Å². The third-order valence-electron chi connectivity index (χ3n) is 8.14. The predicted octanol–water partition coefficient (Wildman–Crippen LogP) is -0.249. The summed E-state index contributed by atoms with van der Waals surface area (Å²) in [7, 11) is 0. The van der Waals surface area contributed by atoms with Crippen molar-refractivity contribution in [2.45, 2.75) is 144 Å². The van der Waals surface area contributed by atoms with Gasteiger partial charge in [0.15, 0.2) is 0 Å². The Kier molecular flexibility index (Phi) is 11.3. The lowest BCUT2D eigenvalue weighted by atomic mass is 9.88.